The molecule has 5 saturated heterocycles. The molecule has 36 nitrogen and oxygen atoms in total. The van der Waals surface area contributed by atoms with Gasteiger partial charge in [0.15, 0.2) is 25.2 Å². The van der Waals surface area contributed by atoms with Crippen LogP contribution in [0.25, 0.3) is 6.08 Å². The standard InChI is InChI=1S/C66H110N4O31.H3N/c1-5-6-7-8-9-10-11-12-13-14-15-16-17-18-19-23-45(81)70-37(38(78)25-24-36-22-20-21-33(2)67-36)32-92-62-54(88)52(86)56(43(30-74)95-62)97-64-55(89)60(101-66(65(90)91)26-39(79)46(68-34(3)76)59(100-66)48(82)40(80)27-71)57(44(31-75)96-64)98-61-47(69-35(4)77)58(50(84)42(29-73)93-61)99-63-53(87)51(85)49(83)41(28-72)94-63;/h20-22,24-25,37-44,46-64,71-75,78-80,82-89H,5-19,23,26-32H2,1-4H3,(H,68,76)(H,69,77)(H,70,81)(H,90,91);1H3/b25-24+;/t37-,38+,39-,40+,41+,42+,43+,44+,46?,47+,48+,49-,50-,51-,52+,53+,54+,55+,56+,57-,58+,59?,60+,61-,62+,63-,64-,66-;/m0./s1. The summed E-state index contributed by atoms with van der Waals surface area (Å²) >= 11 is 0. The van der Waals surface area contributed by atoms with Crippen LogP contribution in [0.3, 0.4) is 0 Å². The summed E-state index contributed by atoms with van der Waals surface area (Å²) in [5, 5.41) is 198. The smallest absolute Gasteiger partial charge is 0.220 e. The van der Waals surface area contributed by atoms with Gasteiger partial charge in [0, 0.05) is 32.4 Å². The summed E-state index contributed by atoms with van der Waals surface area (Å²) in [6, 6.07) is 0.247. The molecule has 1 aromatic rings. The predicted octanol–water partition coefficient (Wildman–Crippen LogP) is -5.84. The van der Waals surface area contributed by atoms with Crippen molar-refractivity contribution in [2.24, 2.45) is 0 Å². The minimum Gasteiger partial charge on any atom is -0.544 e. The Labute approximate surface area is 591 Å². The highest BCUT2D eigenvalue weighted by Gasteiger charge is 2.61. The maximum atomic E-state index is 13.7. The molecule has 6 heterocycles. The van der Waals surface area contributed by atoms with Crippen LogP contribution in [0, 0.1) is 6.92 Å². The lowest BCUT2D eigenvalue weighted by Gasteiger charge is -2.54. The molecular weight excluding hydrogens is 1360 g/mol. The Morgan fingerprint density at radius 1 is 0.608 bits per heavy atom. The van der Waals surface area contributed by atoms with Crippen LogP contribution in [0.15, 0.2) is 24.3 Å². The minimum absolute atomic E-state index is 0. The lowest BCUT2D eigenvalue weighted by atomic mass is 9.88. The van der Waals surface area contributed by atoms with Gasteiger partial charge in [0.25, 0.3) is 0 Å². The summed E-state index contributed by atoms with van der Waals surface area (Å²) in [5.74, 6) is -8.18. The monoisotopic (exact) mass is 1470 g/mol. The number of rotatable bonds is 41. The molecule has 28 atom stereocenters. The predicted molar refractivity (Wildman–Crippen MR) is 349 cm³/mol. The number of aliphatic carboxylic acids is 1. The van der Waals surface area contributed by atoms with Crippen LogP contribution < -0.4 is 27.2 Å². The molecule has 23 N–H and O–H groups in total. The Kier molecular flexibility index (Phi) is 37.7. The minimum atomic E-state index is -3.50. The van der Waals surface area contributed by atoms with Crippen molar-refractivity contribution in [1.82, 2.24) is 27.1 Å². The van der Waals surface area contributed by atoms with Gasteiger partial charge in [-0.15, -0.1) is 0 Å². The molecule has 1 aromatic heterocycles. The first-order chi connectivity index (χ1) is 48.2. The summed E-state index contributed by atoms with van der Waals surface area (Å²) in [6.07, 6.45) is -31.7. The fourth-order valence-corrected chi connectivity index (χ4v) is 13.0. The summed E-state index contributed by atoms with van der Waals surface area (Å²) in [7, 11) is 0. The second-order valence-corrected chi connectivity index (χ2v) is 26.6. The number of carbonyl (C=O) groups excluding carboxylic acids is 4. The number of nitrogens with zero attached hydrogens (tertiary/aromatic N) is 1. The zero-order valence-electron chi connectivity index (χ0n) is 58.5. The molecule has 588 valence electrons. The Bertz CT molecular complexity index is 2660. The molecule has 0 spiro atoms. The highest BCUT2D eigenvalue weighted by molar-refractivity contribution is 5.76. The van der Waals surface area contributed by atoms with Crippen molar-refractivity contribution in [3.63, 3.8) is 0 Å². The first-order valence-electron chi connectivity index (χ1n) is 34.9. The summed E-state index contributed by atoms with van der Waals surface area (Å²) in [6.45, 7) is -0.334. The third-order valence-corrected chi connectivity index (χ3v) is 18.6. The van der Waals surface area contributed by atoms with E-state index in [4.69, 9.17) is 47.4 Å². The van der Waals surface area contributed by atoms with Gasteiger partial charge in [-0.05, 0) is 31.6 Å². The summed E-state index contributed by atoms with van der Waals surface area (Å²) in [5.41, 5.74) is 1.15. The second-order valence-electron chi connectivity index (χ2n) is 26.6. The Balaban J connectivity index is 0.0000187. The fraction of sp³-hybridized carbons (Fsp3) is 0.833. The van der Waals surface area contributed by atoms with Crippen LogP contribution in [-0.4, -0.2) is 321 Å². The van der Waals surface area contributed by atoms with Crippen molar-refractivity contribution in [1.29, 1.82) is 0 Å². The Morgan fingerprint density at radius 3 is 1.67 bits per heavy atom. The van der Waals surface area contributed by atoms with E-state index in [1.807, 2.05) is 0 Å². The number of quaternary nitrogens is 1. The number of ether oxygens (including phenoxy) is 10. The molecule has 5 fully saturated rings. The number of hydrogen-bond acceptors (Lipinski definition) is 32. The third-order valence-electron chi connectivity index (χ3n) is 18.6. The first-order valence-corrected chi connectivity index (χ1v) is 34.9. The molecule has 3 amide bonds. The number of aryl methyl sites for hydroxylation is 1. The highest BCUT2D eigenvalue weighted by Crippen LogP contribution is 2.41. The number of nitrogens with one attached hydrogen (secondary N) is 3. The van der Waals surface area contributed by atoms with Crippen LogP contribution >= 0.6 is 0 Å². The number of aliphatic hydroxyl groups excluding tert-OH is 16. The largest absolute Gasteiger partial charge is 0.544 e. The SMILES string of the molecule is CCCCCCCCCCCCCCCCCC(=O)N[C@@H](CO[C@@H]1O[C@H](CO)[C@@H](O[C@@H]2O[C@H](CO)[C@H](O[C@@H]3O[C@H](CO)[C@H](O)[C@H](O[C@@H]4O[C@H](CO)[C@H](O)[C@H](O)[C@H]4O)[C@H]3NC(C)=O)[C@H](O[C@]3(C(=O)[O-])C[C@H](O)C(NC(C)=O)C([C@H](O)[C@H](O)CO)O3)[C@H]2O)[C@H](O)[C@H]1O)[C@H](O)/C=C/c1cccc(C)n1.[NH4+]. The first kappa shape index (κ1) is 88.3. The molecule has 2 unspecified atom stereocenters. The number of aromatic nitrogens is 1. The number of unbranched alkanes of at least 4 members (excludes halogenated alkanes) is 14. The number of pyridine rings is 1. The molecule has 5 aliphatic heterocycles. The van der Waals surface area contributed by atoms with E-state index < -0.39 is 241 Å². The lowest BCUT2D eigenvalue weighted by molar-refractivity contribution is -0.421. The summed E-state index contributed by atoms with van der Waals surface area (Å²) < 4.78 is 59.6. The molecule has 5 aliphatic rings. The Hall–Kier alpha value is -4.31. The molecule has 36 heteroatoms. The van der Waals surface area contributed by atoms with Crippen molar-refractivity contribution >= 4 is 29.8 Å². The van der Waals surface area contributed by atoms with Gasteiger partial charge in [0.05, 0.1) is 69.6 Å². The van der Waals surface area contributed by atoms with Gasteiger partial charge >= 0.3 is 0 Å². The van der Waals surface area contributed by atoms with Crippen LogP contribution in [0.4, 0.5) is 0 Å². The average molecular weight is 1470 g/mol. The number of amides is 3. The maximum absolute atomic E-state index is 13.7. The molecule has 0 aliphatic carbocycles. The average Bonchev–Trinajstić information content (AvgIpc) is 0.746. The quantitative estimate of drug-likeness (QED) is 0.0272. The van der Waals surface area contributed by atoms with Crippen molar-refractivity contribution in [2.75, 3.05) is 39.6 Å². The van der Waals surface area contributed by atoms with Crippen molar-refractivity contribution in [2.45, 2.75) is 308 Å². The topological polar surface area (TPSA) is 593 Å². The van der Waals surface area contributed by atoms with Crippen molar-refractivity contribution < 1.29 is 153 Å². The van der Waals surface area contributed by atoms with Gasteiger partial charge in [-0.3, -0.25) is 19.4 Å². The van der Waals surface area contributed by atoms with Crippen molar-refractivity contribution in [3.05, 3.63) is 35.7 Å². The molecule has 6 rings (SSSR count). The van der Waals surface area contributed by atoms with Crippen molar-refractivity contribution in [3.8, 4) is 0 Å². The number of carbonyl (C=O) groups is 4. The normalized spacial score (nSPS) is 35.5. The van der Waals surface area contributed by atoms with Crippen LogP contribution in [0.2, 0.25) is 0 Å². The van der Waals surface area contributed by atoms with Crippen LogP contribution in [0.5, 0.6) is 0 Å². The highest BCUT2D eigenvalue weighted by atomic mass is 16.8. The molecule has 102 heavy (non-hydrogen) atoms. The maximum Gasteiger partial charge on any atom is 0.220 e. The zero-order valence-corrected chi connectivity index (χ0v) is 58.5. The van der Waals surface area contributed by atoms with E-state index >= 15 is 0 Å². The van der Waals surface area contributed by atoms with E-state index in [-0.39, 0.29) is 12.6 Å². The molecule has 0 saturated carbocycles. The van der Waals surface area contributed by atoms with E-state index in [1.165, 1.54) is 69.9 Å². The molecular formula is C66H113N5O31. The van der Waals surface area contributed by atoms with Crippen LogP contribution in [-0.2, 0) is 66.5 Å². The zero-order chi connectivity index (χ0) is 74.3. The number of hydrogen-bond donors (Lipinski definition) is 20. The second kappa shape index (κ2) is 43.5. The van der Waals surface area contributed by atoms with Gasteiger partial charge in [0.1, 0.15) is 122 Å². The number of carboxylic acid groups (broad SMARTS) is 1. The van der Waals surface area contributed by atoms with E-state index in [2.05, 4.69) is 27.9 Å². The van der Waals surface area contributed by atoms with Gasteiger partial charge in [0.2, 0.25) is 23.5 Å². The van der Waals surface area contributed by atoms with Crippen LogP contribution in [0.1, 0.15) is 141 Å². The molecule has 0 bridgehead atoms. The van der Waals surface area contributed by atoms with Gasteiger partial charge in [-0.1, -0.05) is 109 Å². The Morgan fingerprint density at radius 2 is 1.11 bits per heavy atom. The third kappa shape index (κ3) is 24.4. The number of carboxylic acids is 1. The van der Waals surface area contributed by atoms with E-state index in [9.17, 15) is 106 Å². The molecule has 0 radical (unpaired) electrons. The van der Waals surface area contributed by atoms with E-state index in [0.717, 1.165) is 46.0 Å². The van der Waals surface area contributed by atoms with Gasteiger partial charge in [-0.2, -0.15) is 0 Å². The van der Waals surface area contributed by atoms with Gasteiger partial charge in [-0.25, -0.2) is 0 Å². The number of aliphatic hydroxyl groups is 16. The van der Waals surface area contributed by atoms with Gasteiger partial charge < -0.3 is 161 Å². The van der Waals surface area contributed by atoms with E-state index in [1.54, 1.807) is 25.1 Å². The summed E-state index contributed by atoms with van der Waals surface area (Å²) in [4.78, 5) is 57.1. The molecule has 0 aromatic carbocycles. The van der Waals surface area contributed by atoms with E-state index in [0.29, 0.717) is 17.8 Å². The fourth-order valence-electron chi connectivity index (χ4n) is 13.0. The lowest BCUT2D eigenvalue weighted by Crippen LogP contribution is -2.73.